The van der Waals surface area contributed by atoms with E-state index in [0.29, 0.717) is 5.75 Å². The van der Waals surface area contributed by atoms with Gasteiger partial charge in [0.1, 0.15) is 22.6 Å². The maximum Gasteiger partial charge on any atom is 0.350 e. The predicted molar refractivity (Wildman–Crippen MR) is 56.1 cm³/mol. The standard InChI is InChI=1S/C11H8O5/c1-15-6-2-3-9-7(4-6)10(13)8(5-12)11(14)16-9/h2-5,13H,1H3. The fraction of sp³-hybridized carbons (Fsp3) is 0.0909. The molecule has 5 heteroatoms. The molecule has 0 fully saturated rings. The molecule has 0 spiro atoms. The SMILES string of the molecule is COc1ccc2oc(=O)c(C=O)c(O)c2c1. The zero-order chi connectivity index (χ0) is 11.7. The first-order chi connectivity index (χ1) is 7.67. The van der Waals surface area contributed by atoms with Crippen molar-refractivity contribution in [1.29, 1.82) is 0 Å². The topological polar surface area (TPSA) is 76.7 Å². The first-order valence-corrected chi connectivity index (χ1v) is 4.46. The Morgan fingerprint density at radius 3 is 2.81 bits per heavy atom. The molecule has 0 saturated carbocycles. The fourth-order valence-corrected chi connectivity index (χ4v) is 1.41. The third-order valence-corrected chi connectivity index (χ3v) is 2.24. The van der Waals surface area contributed by atoms with Gasteiger partial charge in [-0.2, -0.15) is 0 Å². The molecule has 0 aliphatic carbocycles. The molecule has 82 valence electrons. The van der Waals surface area contributed by atoms with Crippen LogP contribution in [0.3, 0.4) is 0 Å². The van der Waals surface area contributed by atoms with Crippen LogP contribution in [0.25, 0.3) is 11.0 Å². The molecule has 1 aromatic carbocycles. The highest BCUT2D eigenvalue weighted by Crippen LogP contribution is 2.28. The number of hydrogen-bond donors (Lipinski definition) is 1. The molecule has 16 heavy (non-hydrogen) atoms. The van der Waals surface area contributed by atoms with Gasteiger partial charge >= 0.3 is 5.63 Å². The molecule has 0 bridgehead atoms. The highest BCUT2D eigenvalue weighted by molar-refractivity contribution is 5.92. The van der Waals surface area contributed by atoms with E-state index in [0.717, 1.165) is 0 Å². The van der Waals surface area contributed by atoms with E-state index < -0.39 is 5.63 Å². The zero-order valence-corrected chi connectivity index (χ0v) is 8.39. The zero-order valence-electron chi connectivity index (χ0n) is 8.39. The number of ether oxygens (including phenoxy) is 1. The molecule has 0 aliphatic rings. The summed E-state index contributed by atoms with van der Waals surface area (Å²) in [5.41, 5.74) is -1.04. The van der Waals surface area contributed by atoms with Crippen LogP contribution in [0.4, 0.5) is 0 Å². The Morgan fingerprint density at radius 1 is 1.44 bits per heavy atom. The molecule has 1 aromatic heterocycles. The van der Waals surface area contributed by atoms with Crippen LogP contribution in [0.5, 0.6) is 11.5 Å². The Balaban J connectivity index is 2.89. The largest absolute Gasteiger partial charge is 0.506 e. The van der Waals surface area contributed by atoms with Crippen molar-refractivity contribution in [2.75, 3.05) is 7.11 Å². The summed E-state index contributed by atoms with van der Waals surface area (Å²) in [4.78, 5) is 21.8. The number of aldehydes is 1. The van der Waals surface area contributed by atoms with E-state index in [1.54, 1.807) is 6.07 Å². The van der Waals surface area contributed by atoms with Gasteiger partial charge in [0.15, 0.2) is 6.29 Å². The second-order valence-corrected chi connectivity index (χ2v) is 3.13. The smallest absolute Gasteiger partial charge is 0.350 e. The van der Waals surface area contributed by atoms with Crippen molar-refractivity contribution in [2.24, 2.45) is 0 Å². The molecule has 0 radical (unpaired) electrons. The average molecular weight is 220 g/mol. The first-order valence-electron chi connectivity index (χ1n) is 4.46. The summed E-state index contributed by atoms with van der Waals surface area (Å²) in [6, 6.07) is 4.57. The van der Waals surface area contributed by atoms with Crippen LogP contribution in [0.1, 0.15) is 10.4 Å². The van der Waals surface area contributed by atoms with Gasteiger partial charge in [-0.25, -0.2) is 4.79 Å². The van der Waals surface area contributed by atoms with Crippen molar-refractivity contribution in [3.8, 4) is 11.5 Å². The lowest BCUT2D eigenvalue weighted by atomic mass is 10.1. The molecule has 5 nitrogen and oxygen atoms in total. The summed E-state index contributed by atoms with van der Waals surface area (Å²) in [5.74, 6) is 0.105. The Morgan fingerprint density at radius 2 is 2.19 bits per heavy atom. The van der Waals surface area contributed by atoms with Crippen molar-refractivity contribution >= 4 is 17.3 Å². The molecule has 0 amide bonds. The van der Waals surface area contributed by atoms with Gasteiger partial charge in [-0.3, -0.25) is 4.79 Å². The quantitative estimate of drug-likeness (QED) is 0.610. The van der Waals surface area contributed by atoms with E-state index in [1.807, 2.05) is 0 Å². The number of rotatable bonds is 2. The molecule has 2 aromatic rings. The molecule has 2 rings (SSSR count). The lowest BCUT2D eigenvalue weighted by Crippen LogP contribution is -2.06. The fourth-order valence-electron chi connectivity index (χ4n) is 1.41. The van der Waals surface area contributed by atoms with Crippen LogP contribution in [0.15, 0.2) is 27.4 Å². The maximum atomic E-state index is 11.3. The summed E-state index contributed by atoms with van der Waals surface area (Å²) in [5, 5.41) is 9.97. The Kier molecular flexibility index (Phi) is 2.36. The second kappa shape index (κ2) is 3.69. The van der Waals surface area contributed by atoms with Gasteiger partial charge < -0.3 is 14.3 Å². The van der Waals surface area contributed by atoms with Gasteiger partial charge in [0, 0.05) is 0 Å². The van der Waals surface area contributed by atoms with Gasteiger partial charge in [-0.1, -0.05) is 0 Å². The summed E-state index contributed by atoms with van der Waals surface area (Å²) in [7, 11) is 1.47. The highest BCUT2D eigenvalue weighted by atomic mass is 16.5. The van der Waals surface area contributed by atoms with Gasteiger partial charge in [-0.05, 0) is 18.2 Å². The van der Waals surface area contributed by atoms with Crippen LogP contribution in [0, 0.1) is 0 Å². The third kappa shape index (κ3) is 1.42. The van der Waals surface area contributed by atoms with Gasteiger partial charge in [0.2, 0.25) is 0 Å². The summed E-state index contributed by atoms with van der Waals surface area (Å²) < 4.78 is 9.82. The first kappa shape index (κ1) is 10.2. The summed E-state index contributed by atoms with van der Waals surface area (Å²) >= 11 is 0. The van der Waals surface area contributed by atoms with Crippen LogP contribution >= 0.6 is 0 Å². The van der Waals surface area contributed by atoms with Crippen LogP contribution in [-0.2, 0) is 0 Å². The average Bonchev–Trinajstić information content (AvgIpc) is 2.29. The molecule has 0 unspecified atom stereocenters. The van der Waals surface area contributed by atoms with E-state index in [-0.39, 0.29) is 28.6 Å². The second-order valence-electron chi connectivity index (χ2n) is 3.13. The molecular weight excluding hydrogens is 212 g/mol. The normalized spacial score (nSPS) is 10.3. The van der Waals surface area contributed by atoms with E-state index in [9.17, 15) is 14.7 Å². The van der Waals surface area contributed by atoms with Crippen molar-refractivity contribution in [1.82, 2.24) is 0 Å². The highest BCUT2D eigenvalue weighted by Gasteiger charge is 2.13. The monoisotopic (exact) mass is 220 g/mol. The lowest BCUT2D eigenvalue weighted by molar-refractivity contribution is 0.111. The Labute approximate surface area is 89.9 Å². The molecule has 0 atom stereocenters. The van der Waals surface area contributed by atoms with E-state index in [2.05, 4.69) is 0 Å². The van der Waals surface area contributed by atoms with Gasteiger partial charge in [0.05, 0.1) is 12.5 Å². The van der Waals surface area contributed by atoms with Crippen LogP contribution < -0.4 is 10.4 Å². The Hall–Kier alpha value is -2.30. The molecule has 1 heterocycles. The predicted octanol–water partition coefficient (Wildman–Crippen LogP) is 1.32. The lowest BCUT2D eigenvalue weighted by Gasteiger charge is -2.04. The minimum atomic E-state index is -0.856. The number of aromatic hydroxyl groups is 1. The van der Waals surface area contributed by atoms with Crippen molar-refractivity contribution in [3.05, 3.63) is 34.2 Å². The van der Waals surface area contributed by atoms with E-state index >= 15 is 0 Å². The number of carbonyl (C=O) groups excluding carboxylic acids is 1. The minimum absolute atomic E-state index is 0.203. The van der Waals surface area contributed by atoms with Crippen molar-refractivity contribution in [2.45, 2.75) is 0 Å². The molecule has 1 N–H and O–H groups in total. The summed E-state index contributed by atoms with van der Waals surface area (Å²) in [6.07, 6.45) is 0.264. The molecular formula is C11H8O5. The van der Waals surface area contributed by atoms with Crippen LogP contribution in [-0.4, -0.2) is 18.5 Å². The number of carbonyl (C=O) groups is 1. The molecule has 0 saturated heterocycles. The Bertz CT molecular complexity index is 612. The third-order valence-electron chi connectivity index (χ3n) is 2.24. The van der Waals surface area contributed by atoms with Gasteiger partial charge in [-0.15, -0.1) is 0 Å². The van der Waals surface area contributed by atoms with Crippen molar-refractivity contribution in [3.63, 3.8) is 0 Å². The number of methoxy groups -OCH3 is 1. The molecule has 0 aliphatic heterocycles. The van der Waals surface area contributed by atoms with Crippen molar-refractivity contribution < 1.29 is 19.1 Å². The van der Waals surface area contributed by atoms with Crippen LogP contribution in [0.2, 0.25) is 0 Å². The maximum absolute atomic E-state index is 11.3. The summed E-state index contributed by atoms with van der Waals surface area (Å²) in [6.45, 7) is 0. The van der Waals surface area contributed by atoms with Gasteiger partial charge in [0.25, 0.3) is 0 Å². The number of fused-ring (bicyclic) bond motifs is 1. The minimum Gasteiger partial charge on any atom is -0.506 e. The number of hydrogen-bond acceptors (Lipinski definition) is 5. The number of benzene rings is 1. The van der Waals surface area contributed by atoms with E-state index in [4.69, 9.17) is 9.15 Å². The van der Waals surface area contributed by atoms with E-state index in [1.165, 1.54) is 19.2 Å².